The van der Waals surface area contributed by atoms with E-state index >= 15 is 0 Å². The molecule has 0 atom stereocenters. The van der Waals surface area contributed by atoms with Gasteiger partial charge in [-0.05, 0) is 42.7 Å². The van der Waals surface area contributed by atoms with Gasteiger partial charge in [-0.3, -0.25) is 14.9 Å². The molecule has 0 saturated carbocycles. The summed E-state index contributed by atoms with van der Waals surface area (Å²) in [4.78, 5) is 34.2. The molecule has 2 aromatic rings. The van der Waals surface area contributed by atoms with E-state index in [1.807, 2.05) is 0 Å². The number of non-ortho nitro benzene ring substituents is 1. The van der Waals surface area contributed by atoms with Crippen LogP contribution in [0.25, 0.3) is 0 Å². The van der Waals surface area contributed by atoms with Gasteiger partial charge in [-0.15, -0.1) is 0 Å². The van der Waals surface area contributed by atoms with Crippen molar-refractivity contribution in [3.8, 4) is 5.75 Å². The van der Waals surface area contributed by atoms with Crippen LogP contribution in [0.1, 0.15) is 18.4 Å². The van der Waals surface area contributed by atoms with Gasteiger partial charge in [0.05, 0.1) is 10.3 Å². The van der Waals surface area contributed by atoms with Crippen molar-refractivity contribution < 1.29 is 29.1 Å². The van der Waals surface area contributed by atoms with E-state index < -0.39 is 22.9 Å². The van der Waals surface area contributed by atoms with Crippen molar-refractivity contribution in [2.75, 3.05) is 25.1 Å². The molecule has 0 spiro atoms. The molecule has 1 amide bonds. The number of benzene rings is 2. The molecule has 9 nitrogen and oxygen atoms in total. The zero-order valence-corrected chi connectivity index (χ0v) is 15.5. The number of hydrogen-bond donors (Lipinski definition) is 2. The zero-order chi connectivity index (χ0) is 20.9. The van der Waals surface area contributed by atoms with Gasteiger partial charge in [0.15, 0.2) is 6.61 Å². The molecule has 0 radical (unpaired) electrons. The largest absolute Gasteiger partial charge is 0.482 e. The highest BCUT2D eigenvalue weighted by Gasteiger charge is 2.42. The SMILES string of the molecule is O=C(O)COc1ccc(NC(=O)C2(c3ccc([N+](=O)[O-])cc3)CCOCC2)cc1. The number of aliphatic carboxylic acids is 1. The van der Waals surface area contributed by atoms with Crippen LogP contribution in [-0.4, -0.2) is 41.7 Å². The molecule has 0 aromatic heterocycles. The topological polar surface area (TPSA) is 128 Å². The van der Waals surface area contributed by atoms with Gasteiger partial charge < -0.3 is 19.9 Å². The molecule has 1 saturated heterocycles. The first-order valence-corrected chi connectivity index (χ1v) is 8.99. The van der Waals surface area contributed by atoms with Crippen molar-refractivity contribution in [3.63, 3.8) is 0 Å². The normalized spacial score (nSPS) is 15.3. The predicted molar refractivity (Wildman–Crippen MR) is 103 cm³/mol. The summed E-state index contributed by atoms with van der Waals surface area (Å²) in [6.45, 7) is 0.369. The molecule has 9 heteroatoms. The quantitative estimate of drug-likeness (QED) is 0.540. The molecule has 2 N–H and O–H groups in total. The Labute approximate surface area is 166 Å². The van der Waals surface area contributed by atoms with Crippen LogP contribution in [-0.2, 0) is 19.7 Å². The summed E-state index contributed by atoms with van der Waals surface area (Å²) in [5.41, 5.74) is 0.343. The Morgan fingerprint density at radius 2 is 1.72 bits per heavy atom. The number of anilines is 1. The smallest absolute Gasteiger partial charge is 0.341 e. The number of rotatable bonds is 7. The molecule has 1 aliphatic rings. The highest BCUT2D eigenvalue weighted by Crippen LogP contribution is 2.37. The molecule has 0 unspecified atom stereocenters. The first-order chi connectivity index (χ1) is 13.9. The van der Waals surface area contributed by atoms with E-state index in [1.54, 1.807) is 36.4 Å². The lowest BCUT2D eigenvalue weighted by atomic mass is 9.73. The fourth-order valence-corrected chi connectivity index (χ4v) is 3.30. The van der Waals surface area contributed by atoms with Crippen molar-refractivity contribution >= 4 is 23.3 Å². The predicted octanol–water partition coefficient (Wildman–Crippen LogP) is 2.75. The average Bonchev–Trinajstić information content (AvgIpc) is 2.73. The Morgan fingerprint density at radius 1 is 1.10 bits per heavy atom. The Kier molecular flexibility index (Phi) is 6.08. The third-order valence-corrected chi connectivity index (χ3v) is 4.89. The highest BCUT2D eigenvalue weighted by atomic mass is 16.6. The monoisotopic (exact) mass is 400 g/mol. The number of nitro groups is 1. The third-order valence-electron chi connectivity index (χ3n) is 4.89. The molecule has 29 heavy (non-hydrogen) atoms. The minimum absolute atomic E-state index is 0.0340. The average molecular weight is 400 g/mol. The van der Waals surface area contributed by atoms with Crippen LogP contribution < -0.4 is 10.1 Å². The standard InChI is InChI=1S/C20H20N2O7/c23-18(24)13-29-17-7-3-15(4-8-17)21-19(25)20(9-11-28-12-10-20)14-1-5-16(6-2-14)22(26)27/h1-8H,9-13H2,(H,21,25)(H,23,24). The van der Waals surface area contributed by atoms with Crippen LogP contribution in [0.4, 0.5) is 11.4 Å². The fraction of sp³-hybridized carbons (Fsp3) is 0.300. The summed E-state index contributed by atoms with van der Waals surface area (Å²) in [7, 11) is 0. The molecular weight excluding hydrogens is 380 g/mol. The number of carboxylic acids is 1. The molecule has 1 aliphatic heterocycles. The van der Waals surface area contributed by atoms with Crippen molar-refractivity contribution in [3.05, 3.63) is 64.2 Å². The number of nitrogens with zero attached hydrogens (tertiary/aromatic N) is 1. The van der Waals surface area contributed by atoms with Crippen molar-refractivity contribution in [1.29, 1.82) is 0 Å². The van der Waals surface area contributed by atoms with Crippen molar-refractivity contribution in [1.82, 2.24) is 0 Å². The summed E-state index contributed by atoms with van der Waals surface area (Å²) in [6, 6.07) is 12.4. The number of nitro benzene ring substituents is 1. The van der Waals surface area contributed by atoms with E-state index in [1.165, 1.54) is 12.1 Å². The highest BCUT2D eigenvalue weighted by molar-refractivity contribution is 5.99. The third kappa shape index (κ3) is 4.69. The van der Waals surface area contributed by atoms with Gasteiger partial charge in [-0.1, -0.05) is 12.1 Å². The first-order valence-electron chi connectivity index (χ1n) is 8.99. The fourth-order valence-electron chi connectivity index (χ4n) is 3.30. The van der Waals surface area contributed by atoms with E-state index in [2.05, 4.69) is 5.32 Å². The van der Waals surface area contributed by atoms with E-state index in [9.17, 15) is 19.7 Å². The molecule has 0 aliphatic carbocycles. The van der Waals surface area contributed by atoms with Gasteiger partial charge in [0.1, 0.15) is 5.75 Å². The molecule has 2 aromatic carbocycles. The van der Waals surface area contributed by atoms with Gasteiger partial charge in [-0.2, -0.15) is 0 Å². The number of ether oxygens (including phenoxy) is 2. The Hall–Kier alpha value is -3.46. The van der Waals surface area contributed by atoms with Gasteiger partial charge >= 0.3 is 5.97 Å². The van der Waals surface area contributed by atoms with Gasteiger partial charge in [0, 0.05) is 31.0 Å². The number of hydrogen-bond acceptors (Lipinski definition) is 6. The van der Waals surface area contributed by atoms with Gasteiger partial charge in [-0.25, -0.2) is 4.79 Å². The number of nitrogens with one attached hydrogen (secondary N) is 1. The van der Waals surface area contributed by atoms with Gasteiger partial charge in [0.2, 0.25) is 5.91 Å². The summed E-state index contributed by atoms with van der Waals surface area (Å²) >= 11 is 0. The lowest BCUT2D eigenvalue weighted by Gasteiger charge is -2.36. The second kappa shape index (κ2) is 8.70. The minimum Gasteiger partial charge on any atom is -0.482 e. The number of carbonyl (C=O) groups excluding carboxylic acids is 1. The molecule has 152 valence electrons. The summed E-state index contributed by atoms with van der Waals surface area (Å²) in [5, 5.41) is 22.4. The second-order valence-electron chi connectivity index (χ2n) is 6.66. The van der Waals surface area contributed by atoms with Crippen LogP contribution in [0.3, 0.4) is 0 Å². The lowest BCUT2D eigenvalue weighted by Crippen LogP contribution is -2.44. The summed E-state index contributed by atoms with van der Waals surface area (Å²) < 4.78 is 10.5. The molecule has 1 fully saturated rings. The molecule has 0 bridgehead atoms. The van der Waals surface area contributed by atoms with Crippen molar-refractivity contribution in [2.24, 2.45) is 0 Å². The van der Waals surface area contributed by atoms with E-state index in [0.29, 0.717) is 43.1 Å². The first kappa shape index (κ1) is 20.3. The van der Waals surface area contributed by atoms with Crippen LogP contribution in [0.2, 0.25) is 0 Å². The van der Waals surface area contributed by atoms with E-state index in [4.69, 9.17) is 14.6 Å². The maximum absolute atomic E-state index is 13.2. The summed E-state index contributed by atoms with van der Waals surface area (Å²) in [5.74, 6) is -0.928. The van der Waals surface area contributed by atoms with Crippen LogP contribution in [0.15, 0.2) is 48.5 Å². The second-order valence-corrected chi connectivity index (χ2v) is 6.66. The minimum atomic E-state index is -1.08. The zero-order valence-electron chi connectivity index (χ0n) is 15.5. The Morgan fingerprint density at radius 3 is 2.28 bits per heavy atom. The molecular formula is C20H20N2O7. The van der Waals surface area contributed by atoms with Crippen LogP contribution >= 0.6 is 0 Å². The lowest BCUT2D eigenvalue weighted by molar-refractivity contribution is -0.384. The number of carboxylic acid groups (broad SMARTS) is 1. The van der Waals surface area contributed by atoms with Crippen LogP contribution in [0, 0.1) is 10.1 Å². The Bertz CT molecular complexity index is 888. The number of carbonyl (C=O) groups is 2. The van der Waals surface area contributed by atoms with Crippen molar-refractivity contribution in [2.45, 2.75) is 18.3 Å². The maximum atomic E-state index is 13.2. The molecule has 3 rings (SSSR count). The van der Waals surface area contributed by atoms with Gasteiger partial charge in [0.25, 0.3) is 5.69 Å². The van der Waals surface area contributed by atoms with Crippen LogP contribution in [0.5, 0.6) is 5.75 Å². The summed E-state index contributed by atoms with van der Waals surface area (Å²) in [6.07, 6.45) is 0.910. The number of amides is 1. The molecule has 1 heterocycles. The maximum Gasteiger partial charge on any atom is 0.341 e. The van der Waals surface area contributed by atoms with E-state index in [-0.39, 0.29) is 11.6 Å². The van der Waals surface area contributed by atoms with E-state index in [0.717, 1.165) is 0 Å². The Balaban J connectivity index is 1.79.